The minimum atomic E-state index is -0.212. The Kier molecular flexibility index (Phi) is 4.44. The van der Waals surface area contributed by atoms with Crippen LogP contribution in [-0.4, -0.2) is 17.4 Å². The Morgan fingerprint density at radius 3 is 2.48 bits per heavy atom. The summed E-state index contributed by atoms with van der Waals surface area (Å²) >= 11 is 0. The van der Waals surface area contributed by atoms with E-state index in [2.05, 4.69) is 19.9 Å². The molecular weight excluding hydrogens is 336 g/mol. The first-order valence-corrected chi connectivity index (χ1v) is 11.0. The maximum absolute atomic E-state index is 11.9. The minimum Gasteiger partial charge on any atom is -0.458 e. The van der Waals surface area contributed by atoms with Crippen molar-refractivity contribution in [1.82, 2.24) is 0 Å². The van der Waals surface area contributed by atoms with Gasteiger partial charge in [-0.15, -0.1) is 0 Å². The molecule has 1 saturated heterocycles. The summed E-state index contributed by atoms with van der Waals surface area (Å²) in [7, 11) is 0. The van der Waals surface area contributed by atoms with Gasteiger partial charge in [-0.2, -0.15) is 0 Å². The van der Waals surface area contributed by atoms with E-state index in [1.807, 2.05) is 19.9 Å². The predicted molar refractivity (Wildman–Crippen MR) is 106 cm³/mol. The van der Waals surface area contributed by atoms with Gasteiger partial charge in [0, 0.05) is 23.7 Å². The van der Waals surface area contributed by atoms with Crippen LogP contribution in [0.1, 0.15) is 85.5 Å². The van der Waals surface area contributed by atoms with E-state index in [1.54, 1.807) is 5.57 Å². The van der Waals surface area contributed by atoms with Gasteiger partial charge in [0.25, 0.3) is 0 Å². The molecule has 1 heterocycles. The van der Waals surface area contributed by atoms with Crippen LogP contribution in [0.4, 0.5) is 0 Å². The van der Waals surface area contributed by atoms with Crippen LogP contribution in [0, 0.1) is 22.7 Å². The zero-order valence-corrected chi connectivity index (χ0v) is 17.4. The van der Waals surface area contributed by atoms with Gasteiger partial charge in [-0.25, -0.2) is 0 Å². The standard InChI is InChI=1S/C22H28O3.C2H6/c1-20-9-5-15(23)13-14(20)3-4-16-17(20)6-10-21(2)18(16)7-11-22(21)12-8-19(24)25-22;1-2/h6,13,16,18H,3-5,7-12H2,1-2H3;1-2H3/t16?,18?,20?,21?,22-;/m1./s1. The molecule has 2 saturated carbocycles. The molecule has 0 radical (unpaired) electrons. The lowest BCUT2D eigenvalue weighted by Gasteiger charge is -2.54. The molecule has 4 aliphatic carbocycles. The molecule has 0 amide bonds. The lowest BCUT2D eigenvalue weighted by molar-refractivity contribution is -0.160. The van der Waals surface area contributed by atoms with Gasteiger partial charge in [-0.05, 0) is 62.9 Å². The number of carbonyl (C=O) groups is 2. The molecule has 4 unspecified atom stereocenters. The van der Waals surface area contributed by atoms with Crippen molar-refractivity contribution in [1.29, 1.82) is 0 Å². The first-order valence-electron chi connectivity index (χ1n) is 11.0. The summed E-state index contributed by atoms with van der Waals surface area (Å²) in [5.74, 6) is 1.54. The largest absolute Gasteiger partial charge is 0.458 e. The van der Waals surface area contributed by atoms with E-state index in [9.17, 15) is 9.59 Å². The smallest absolute Gasteiger partial charge is 0.306 e. The summed E-state index contributed by atoms with van der Waals surface area (Å²) < 4.78 is 5.98. The second-order valence-electron chi connectivity index (χ2n) is 9.51. The Morgan fingerprint density at radius 1 is 1.00 bits per heavy atom. The average Bonchev–Trinajstić information content (AvgIpc) is 3.18. The zero-order valence-electron chi connectivity index (χ0n) is 17.4. The maximum atomic E-state index is 11.9. The molecule has 1 aliphatic heterocycles. The lowest BCUT2D eigenvalue weighted by atomic mass is 9.50. The minimum absolute atomic E-state index is 0.00303. The number of hydrogen-bond donors (Lipinski definition) is 0. The van der Waals surface area contributed by atoms with Crippen molar-refractivity contribution < 1.29 is 14.3 Å². The number of esters is 1. The molecular formula is C24H34O3. The Bertz CT molecular complexity index is 732. The Morgan fingerprint density at radius 2 is 1.78 bits per heavy atom. The highest BCUT2D eigenvalue weighted by molar-refractivity contribution is 5.92. The number of carbonyl (C=O) groups excluding carboxylic acids is 2. The molecule has 5 rings (SSSR count). The maximum Gasteiger partial charge on any atom is 0.306 e. The second-order valence-corrected chi connectivity index (χ2v) is 9.51. The summed E-state index contributed by atoms with van der Waals surface area (Å²) in [6.07, 6.45) is 13.1. The van der Waals surface area contributed by atoms with Crippen LogP contribution in [0.5, 0.6) is 0 Å². The number of ketones is 1. The number of fused-ring (bicyclic) bond motifs is 6. The van der Waals surface area contributed by atoms with Crippen LogP contribution in [0.25, 0.3) is 0 Å². The van der Waals surface area contributed by atoms with Crippen molar-refractivity contribution >= 4 is 11.8 Å². The molecule has 27 heavy (non-hydrogen) atoms. The van der Waals surface area contributed by atoms with Crippen LogP contribution in [-0.2, 0) is 14.3 Å². The van der Waals surface area contributed by atoms with Crippen LogP contribution >= 0.6 is 0 Å². The van der Waals surface area contributed by atoms with Crippen LogP contribution in [0.15, 0.2) is 23.3 Å². The average molecular weight is 371 g/mol. The summed E-state index contributed by atoms with van der Waals surface area (Å²) in [4.78, 5) is 23.8. The molecule has 0 N–H and O–H groups in total. The van der Waals surface area contributed by atoms with Crippen molar-refractivity contribution in [2.45, 2.75) is 91.1 Å². The number of allylic oxidation sites excluding steroid dienone is 4. The molecule has 5 aliphatic rings. The van der Waals surface area contributed by atoms with Crippen molar-refractivity contribution in [3.8, 4) is 0 Å². The summed E-state index contributed by atoms with van der Waals surface area (Å²) in [5, 5.41) is 0. The van der Waals surface area contributed by atoms with Gasteiger partial charge in [-0.1, -0.05) is 44.9 Å². The predicted octanol–water partition coefficient (Wildman–Crippen LogP) is 5.54. The zero-order chi connectivity index (χ0) is 19.4. The van der Waals surface area contributed by atoms with Gasteiger partial charge in [0.15, 0.2) is 5.78 Å². The molecule has 0 bridgehead atoms. The van der Waals surface area contributed by atoms with Gasteiger partial charge in [-0.3, -0.25) is 9.59 Å². The third-order valence-corrected chi connectivity index (χ3v) is 8.67. The highest BCUT2D eigenvalue weighted by Gasteiger charge is 2.65. The third kappa shape index (κ3) is 2.46. The second kappa shape index (κ2) is 6.32. The van der Waals surface area contributed by atoms with Crippen LogP contribution < -0.4 is 0 Å². The lowest BCUT2D eigenvalue weighted by Crippen LogP contribution is -2.50. The van der Waals surface area contributed by atoms with Crippen LogP contribution in [0.3, 0.4) is 0 Å². The first kappa shape index (κ1) is 19.0. The fourth-order valence-corrected chi connectivity index (χ4v) is 7.14. The molecule has 0 aromatic heterocycles. The van der Waals surface area contributed by atoms with E-state index in [1.165, 1.54) is 12.0 Å². The van der Waals surface area contributed by atoms with E-state index in [0.29, 0.717) is 30.5 Å². The Hall–Kier alpha value is -1.38. The third-order valence-electron chi connectivity index (χ3n) is 8.67. The van der Waals surface area contributed by atoms with E-state index in [4.69, 9.17) is 4.74 Å². The van der Waals surface area contributed by atoms with Gasteiger partial charge >= 0.3 is 5.97 Å². The number of rotatable bonds is 0. The quantitative estimate of drug-likeness (QED) is 0.415. The monoisotopic (exact) mass is 370 g/mol. The van der Waals surface area contributed by atoms with E-state index < -0.39 is 0 Å². The molecule has 3 fully saturated rings. The highest BCUT2D eigenvalue weighted by Crippen LogP contribution is 2.67. The Labute approximate surface area is 163 Å². The molecule has 0 aromatic carbocycles. The van der Waals surface area contributed by atoms with Crippen LogP contribution in [0.2, 0.25) is 0 Å². The first-order chi connectivity index (χ1) is 12.9. The SMILES string of the molecule is CC.CC12CCC(=O)C=C1CCC1C2=CCC2(C)C1CC[C@@]21CCC(=O)O1. The fraction of sp³-hybridized carbons (Fsp3) is 0.750. The summed E-state index contributed by atoms with van der Waals surface area (Å²) in [6.45, 7) is 8.75. The number of hydrogen-bond acceptors (Lipinski definition) is 3. The number of ether oxygens (including phenoxy) is 1. The van der Waals surface area contributed by atoms with Crippen molar-refractivity contribution in [3.05, 3.63) is 23.3 Å². The van der Waals surface area contributed by atoms with Crippen molar-refractivity contribution in [2.24, 2.45) is 22.7 Å². The van der Waals surface area contributed by atoms with E-state index >= 15 is 0 Å². The van der Waals surface area contributed by atoms with Crippen molar-refractivity contribution in [3.63, 3.8) is 0 Å². The molecule has 0 aromatic rings. The van der Waals surface area contributed by atoms with Gasteiger partial charge in [0.1, 0.15) is 5.60 Å². The van der Waals surface area contributed by atoms with Crippen molar-refractivity contribution in [2.75, 3.05) is 0 Å². The van der Waals surface area contributed by atoms with Gasteiger partial charge < -0.3 is 4.74 Å². The normalized spacial score (nSPS) is 45.0. The van der Waals surface area contributed by atoms with Gasteiger partial charge in [0.05, 0.1) is 0 Å². The molecule has 5 atom stereocenters. The highest BCUT2D eigenvalue weighted by atomic mass is 16.6. The van der Waals surface area contributed by atoms with Gasteiger partial charge in [0.2, 0.25) is 0 Å². The Balaban J connectivity index is 0.000000872. The molecule has 148 valence electrons. The van der Waals surface area contributed by atoms with E-state index in [-0.39, 0.29) is 22.4 Å². The van der Waals surface area contributed by atoms with E-state index in [0.717, 1.165) is 38.5 Å². The molecule has 3 nitrogen and oxygen atoms in total. The summed E-state index contributed by atoms with van der Waals surface area (Å²) in [6, 6.07) is 0. The molecule has 1 spiro atoms. The fourth-order valence-electron chi connectivity index (χ4n) is 7.14. The molecule has 3 heteroatoms. The topological polar surface area (TPSA) is 43.4 Å². The summed E-state index contributed by atoms with van der Waals surface area (Å²) in [5.41, 5.74) is 2.95.